The highest BCUT2D eigenvalue weighted by Gasteiger charge is 2.23. The number of hydrogen-bond donors (Lipinski definition) is 0. The van der Waals surface area contributed by atoms with E-state index in [1.807, 2.05) is 45.0 Å². The molecule has 6 aromatic rings. The molecule has 3 heterocycles. The second-order valence-electron chi connectivity index (χ2n) is 13.4. The molecule has 0 bridgehead atoms. The summed E-state index contributed by atoms with van der Waals surface area (Å²) in [6, 6.07) is 20.6. The van der Waals surface area contributed by atoms with Crippen molar-refractivity contribution in [3.63, 3.8) is 0 Å². The Morgan fingerprint density at radius 2 is 0.951 bits per heavy atom. The van der Waals surface area contributed by atoms with Crippen LogP contribution in [0.4, 0.5) is 0 Å². The lowest BCUT2D eigenvalue weighted by Gasteiger charge is -2.07. The average Bonchev–Trinajstić information content (AvgIpc) is 3.22. The first-order chi connectivity index (χ1) is 29.1. The number of sulfone groups is 2. The van der Waals surface area contributed by atoms with E-state index < -0.39 is 40.8 Å². The smallest absolute Gasteiger partial charge is 0.288 e. The van der Waals surface area contributed by atoms with Gasteiger partial charge in [0.25, 0.3) is 16.7 Å². The van der Waals surface area contributed by atoms with Crippen LogP contribution in [0.3, 0.4) is 0 Å². The Morgan fingerprint density at radius 1 is 0.525 bits per heavy atom. The number of aryl methyl sites for hydroxylation is 3. The topological polar surface area (TPSA) is 173 Å². The molecule has 0 saturated heterocycles. The molecule has 3 aromatic carbocycles. The molecule has 0 fully saturated rings. The van der Waals surface area contributed by atoms with Crippen LogP contribution < -0.4 is 16.7 Å². The van der Waals surface area contributed by atoms with E-state index in [0.717, 1.165) is 42.1 Å². The second kappa shape index (κ2) is 23.6. The number of halogens is 3. The van der Waals surface area contributed by atoms with Gasteiger partial charge in [0, 0.05) is 77.6 Å². The first-order valence-corrected chi connectivity index (χ1v) is 24.5. The van der Waals surface area contributed by atoms with Crippen LogP contribution in [0.5, 0.6) is 0 Å². The number of hydrogen-bond acceptors (Lipinski definition) is 11. The van der Waals surface area contributed by atoms with Gasteiger partial charge in [-0.2, -0.15) is 0 Å². The van der Waals surface area contributed by atoms with Crippen LogP contribution in [0.2, 0.25) is 15.1 Å². The molecule has 0 unspecified atom stereocenters. The van der Waals surface area contributed by atoms with Gasteiger partial charge in [0.1, 0.15) is 0 Å². The van der Waals surface area contributed by atoms with E-state index in [2.05, 4.69) is 15.0 Å². The van der Waals surface area contributed by atoms with Gasteiger partial charge in [-0.05, 0) is 72.4 Å². The predicted octanol–water partition coefficient (Wildman–Crippen LogP) is 8.16. The van der Waals surface area contributed by atoms with E-state index in [1.165, 1.54) is 45.7 Å². The summed E-state index contributed by atoms with van der Waals surface area (Å²) in [4.78, 5) is 48.1. The van der Waals surface area contributed by atoms with Crippen molar-refractivity contribution in [2.45, 2.75) is 92.0 Å². The molecule has 0 aliphatic rings. The first-order valence-electron chi connectivity index (χ1n) is 19.1. The van der Waals surface area contributed by atoms with Gasteiger partial charge in [-0.15, -0.1) is 0 Å². The maximum absolute atomic E-state index is 12.4. The van der Waals surface area contributed by atoms with E-state index in [9.17, 15) is 31.2 Å². The number of nitrogens with zero attached hydrogens (tertiary/aromatic N) is 6. The van der Waals surface area contributed by atoms with Crippen LogP contribution in [0.1, 0.15) is 56.7 Å². The second-order valence-corrected chi connectivity index (χ2v) is 19.5. The average molecular weight is 948 g/mol. The number of thioether (sulfide) groups is 1. The third-order valence-corrected chi connectivity index (χ3v) is 13.4. The van der Waals surface area contributed by atoms with Crippen molar-refractivity contribution in [2.24, 2.45) is 0 Å². The fourth-order valence-electron chi connectivity index (χ4n) is 5.57. The van der Waals surface area contributed by atoms with E-state index in [1.54, 1.807) is 65.5 Å². The highest BCUT2D eigenvalue weighted by molar-refractivity contribution is 7.98. The lowest BCUT2D eigenvalue weighted by atomic mass is 10.2. The van der Waals surface area contributed by atoms with E-state index in [4.69, 9.17) is 34.8 Å². The van der Waals surface area contributed by atoms with Crippen LogP contribution in [0.15, 0.2) is 139 Å². The Labute approximate surface area is 374 Å². The van der Waals surface area contributed by atoms with Crippen molar-refractivity contribution in [1.29, 1.82) is 0 Å². The molecule has 0 spiro atoms. The zero-order chi connectivity index (χ0) is 44.6. The van der Waals surface area contributed by atoms with Crippen LogP contribution in [-0.2, 0) is 56.6 Å². The highest BCUT2D eigenvalue weighted by atomic mass is 35.5. The SMILES string of the molecule is CCCn1ccnc(S(=O)(=O)Cc2ccc(Cl)cc2)c1=O.CCCn1ccnc(S(=O)(=O)Cc2cccc(Cl)c2)c1=O.CCCn1ccnc(SCc2ccc(Cl)cc2)c1=O. The van der Waals surface area contributed by atoms with Crippen LogP contribution in [-0.4, -0.2) is 45.5 Å². The maximum Gasteiger partial charge on any atom is 0.288 e. The molecule has 324 valence electrons. The van der Waals surface area contributed by atoms with Crippen molar-refractivity contribution in [1.82, 2.24) is 28.7 Å². The summed E-state index contributed by atoms with van der Waals surface area (Å²) in [5.41, 5.74) is 1.04. The lowest BCUT2D eigenvalue weighted by Crippen LogP contribution is -2.27. The van der Waals surface area contributed by atoms with Gasteiger partial charge in [0.2, 0.25) is 29.7 Å². The predicted molar refractivity (Wildman–Crippen MR) is 242 cm³/mol. The lowest BCUT2D eigenvalue weighted by molar-refractivity contribution is 0.577. The number of aromatic nitrogens is 6. The summed E-state index contributed by atoms with van der Waals surface area (Å²) in [6.07, 6.45) is 11.5. The minimum Gasteiger partial charge on any atom is -0.312 e. The minimum absolute atomic E-state index is 0.0108. The molecule has 0 radical (unpaired) electrons. The zero-order valence-electron chi connectivity index (χ0n) is 33.7. The minimum atomic E-state index is -3.80. The third kappa shape index (κ3) is 14.8. The summed E-state index contributed by atoms with van der Waals surface area (Å²) in [6.45, 7) is 7.52. The highest BCUT2D eigenvalue weighted by Crippen LogP contribution is 2.20. The molecule has 13 nitrogen and oxygen atoms in total. The Morgan fingerprint density at radius 3 is 1.41 bits per heavy atom. The van der Waals surface area contributed by atoms with Crippen LogP contribution >= 0.6 is 46.6 Å². The molecule has 0 atom stereocenters. The van der Waals surface area contributed by atoms with E-state index in [0.29, 0.717) is 39.3 Å². The van der Waals surface area contributed by atoms with Crippen molar-refractivity contribution >= 4 is 66.2 Å². The third-order valence-electron chi connectivity index (χ3n) is 8.43. The summed E-state index contributed by atoms with van der Waals surface area (Å²) in [7, 11) is -7.59. The number of rotatable bonds is 15. The van der Waals surface area contributed by atoms with E-state index in [-0.39, 0.29) is 17.1 Å². The molecule has 0 aliphatic carbocycles. The van der Waals surface area contributed by atoms with Crippen molar-refractivity contribution in [2.75, 3.05) is 0 Å². The monoisotopic (exact) mass is 946 g/mol. The van der Waals surface area contributed by atoms with E-state index >= 15 is 0 Å². The standard InChI is InChI=1S/2C14H15ClN2O3S.C14H15ClN2OS/c1-2-8-17-9-7-16-13(14(17)18)21(19,20)10-11-3-5-12(15)6-4-11;1-2-7-17-8-6-16-13(14(17)18)21(19,20)10-11-4-3-5-12(15)9-11;1-2-8-17-9-7-16-13(14(17)18)19-10-11-3-5-12(15)6-4-11/h3-7,9H,2,8,10H2,1H3;3-6,8-9H,2,7,10H2,1H3;3-7,9H,2,8,10H2,1H3. The Balaban J connectivity index is 0.000000202. The normalized spacial score (nSPS) is 11.2. The van der Waals surface area contributed by atoms with Gasteiger partial charge in [-0.25, -0.2) is 31.8 Å². The largest absolute Gasteiger partial charge is 0.312 e. The fraction of sp³-hybridized carbons (Fsp3) is 0.286. The molecule has 3 aromatic heterocycles. The van der Waals surface area contributed by atoms with Crippen LogP contribution in [0, 0.1) is 0 Å². The van der Waals surface area contributed by atoms with Gasteiger partial charge >= 0.3 is 0 Å². The van der Waals surface area contributed by atoms with Crippen molar-refractivity contribution in [3.8, 4) is 0 Å². The molecule has 0 amide bonds. The van der Waals surface area contributed by atoms with Gasteiger partial charge in [-0.1, -0.05) is 104 Å². The molecule has 0 saturated carbocycles. The van der Waals surface area contributed by atoms with Gasteiger partial charge < -0.3 is 13.7 Å². The summed E-state index contributed by atoms with van der Waals surface area (Å²) < 4.78 is 53.9. The molecule has 19 heteroatoms. The van der Waals surface area contributed by atoms with Gasteiger partial charge in [-0.3, -0.25) is 14.4 Å². The fourth-order valence-corrected chi connectivity index (χ4v) is 9.64. The zero-order valence-corrected chi connectivity index (χ0v) is 38.4. The molecule has 6 rings (SSSR count). The maximum atomic E-state index is 12.4. The molecular weight excluding hydrogens is 903 g/mol. The molecule has 0 aliphatic heterocycles. The number of benzene rings is 3. The Hall–Kier alpha value is -4.58. The quantitative estimate of drug-likeness (QED) is 0.0910. The Kier molecular flexibility index (Phi) is 19.0. The Bertz CT molecular complexity index is 2780. The van der Waals surface area contributed by atoms with Crippen molar-refractivity contribution in [3.05, 3.63) is 173 Å². The first kappa shape index (κ1) is 49.1. The summed E-state index contributed by atoms with van der Waals surface area (Å²) >= 11 is 18.9. The van der Waals surface area contributed by atoms with Crippen molar-refractivity contribution < 1.29 is 16.8 Å². The van der Waals surface area contributed by atoms with Gasteiger partial charge in [0.15, 0.2) is 5.03 Å². The molecule has 0 N–H and O–H groups in total. The van der Waals surface area contributed by atoms with Gasteiger partial charge in [0.05, 0.1) is 11.5 Å². The summed E-state index contributed by atoms with van der Waals surface area (Å²) in [5.74, 6) is 0.143. The van der Waals surface area contributed by atoms with Crippen LogP contribution in [0.25, 0.3) is 0 Å². The summed E-state index contributed by atoms with van der Waals surface area (Å²) in [5, 5.41) is 1.42. The molecular formula is C42H45Cl3N6O7S3. The molecule has 61 heavy (non-hydrogen) atoms.